The molecule has 0 saturated heterocycles. The monoisotopic (exact) mass is 231 g/mol. The molecule has 0 unspecified atom stereocenters. The molecule has 0 atom stereocenters. The van der Waals surface area contributed by atoms with Crippen molar-refractivity contribution in [2.24, 2.45) is 5.73 Å². The van der Waals surface area contributed by atoms with E-state index >= 15 is 0 Å². The van der Waals surface area contributed by atoms with Gasteiger partial charge in [0.25, 0.3) is 15.4 Å². The zero-order valence-corrected chi connectivity index (χ0v) is 8.54. The molecule has 0 rings (SSSR count). The van der Waals surface area contributed by atoms with Gasteiger partial charge in [0.05, 0.1) is 5.75 Å². The summed E-state index contributed by atoms with van der Waals surface area (Å²) in [6.45, 7) is 0. The van der Waals surface area contributed by atoms with Crippen LogP contribution in [0.5, 0.6) is 0 Å². The first-order valence-corrected chi connectivity index (χ1v) is 6.88. The Bertz CT molecular complexity index is 237. The van der Waals surface area contributed by atoms with E-state index in [4.69, 9.17) is 10.3 Å². The summed E-state index contributed by atoms with van der Waals surface area (Å²) in [7, 11) is -1.83. The Morgan fingerprint density at radius 3 is 2.50 bits per heavy atom. The molecule has 0 aromatic carbocycles. The second kappa shape index (κ2) is 5.68. The van der Waals surface area contributed by atoms with Crippen molar-refractivity contribution in [2.75, 3.05) is 11.5 Å². The lowest BCUT2D eigenvalue weighted by Gasteiger charge is -1.95. The van der Waals surface area contributed by atoms with Crippen LogP contribution in [0.15, 0.2) is 0 Å². The van der Waals surface area contributed by atoms with Gasteiger partial charge in [-0.2, -0.15) is 8.42 Å². The molecule has 0 aliphatic rings. The van der Waals surface area contributed by atoms with Crippen molar-refractivity contribution in [3.63, 3.8) is 0 Å². The first kappa shape index (κ1) is 12.1. The molecule has 0 fully saturated rings. The summed E-state index contributed by atoms with van der Waals surface area (Å²) in [5.41, 5.74) is 4.80. The van der Waals surface area contributed by atoms with Crippen molar-refractivity contribution in [3.8, 4) is 0 Å². The van der Waals surface area contributed by atoms with E-state index in [0.29, 0.717) is 12.2 Å². The quantitative estimate of drug-likeness (QED) is 0.411. The minimum atomic E-state index is -3.86. The average molecular weight is 231 g/mol. The van der Waals surface area contributed by atoms with Crippen molar-refractivity contribution in [2.45, 2.75) is 6.42 Å². The van der Waals surface area contributed by atoms with E-state index in [9.17, 15) is 13.2 Å². The second-order valence-electron chi connectivity index (χ2n) is 1.86. The highest BCUT2D eigenvalue weighted by molar-refractivity contribution is 8.82. The highest BCUT2D eigenvalue weighted by Gasteiger charge is 2.03. The number of hydrogen-bond donors (Lipinski definition) is 2. The average Bonchev–Trinajstić information content (AvgIpc) is 1.83. The van der Waals surface area contributed by atoms with Gasteiger partial charge in [0.1, 0.15) is 0 Å². The van der Waals surface area contributed by atoms with Crippen molar-refractivity contribution in [1.82, 2.24) is 0 Å². The van der Waals surface area contributed by atoms with Gasteiger partial charge in [-0.3, -0.25) is 9.35 Å². The predicted molar refractivity (Wildman–Crippen MR) is 50.7 cm³/mol. The Balaban J connectivity index is 3.29. The fourth-order valence-corrected chi connectivity index (χ4v) is 2.51. The Morgan fingerprint density at radius 1 is 1.50 bits per heavy atom. The molecule has 72 valence electrons. The van der Waals surface area contributed by atoms with Gasteiger partial charge >= 0.3 is 0 Å². The van der Waals surface area contributed by atoms with Gasteiger partial charge in [-0.05, 0) is 6.42 Å². The van der Waals surface area contributed by atoms with Gasteiger partial charge in [-0.15, -0.1) is 0 Å². The molecule has 1 amide bonds. The number of primary amides is 1. The third kappa shape index (κ3) is 10.1. The summed E-state index contributed by atoms with van der Waals surface area (Å²) in [4.78, 5) is 10.2. The number of carbonyl (C=O) groups is 1. The number of carbonyl (C=O) groups excluding carboxylic acids is 1. The fourth-order valence-electron chi connectivity index (χ4n) is 0.400. The Labute approximate surface area is 78.6 Å². The van der Waals surface area contributed by atoms with Crippen LogP contribution < -0.4 is 5.73 Å². The van der Waals surface area contributed by atoms with E-state index in [1.165, 1.54) is 10.8 Å². The molecule has 0 bridgehead atoms. The molecule has 3 N–H and O–H groups in total. The van der Waals surface area contributed by atoms with Gasteiger partial charge in [0, 0.05) is 16.5 Å². The molecule has 0 heterocycles. The van der Waals surface area contributed by atoms with Crippen LogP contribution in [0.25, 0.3) is 0 Å². The van der Waals surface area contributed by atoms with Crippen molar-refractivity contribution >= 4 is 36.9 Å². The number of hydrogen-bond acceptors (Lipinski definition) is 5. The Kier molecular flexibility index (Phi) is 5.72. The van der Waals surface area contributed by atoms with Gasteiger partial charge < -0.3 is 5.73 Å². The standard InChI is InChI=1S/C4H9NO4S3/c5-4(6)11-10-2-1-3-12(7,8)9/h1-3H2,(H2,5,6)(H,7,8,9). The molecule has 5 nitrogen and oxygen atoms in total. The lowest BCUT2D eigenvalue weighted by Crippen LogP contribution is -2.04. The van der Waals surface area contributed by atoms with E-state index in [2.05, 4.69) is 0 Å². The molecule has 0 aliphatic carbocycles. The van der Waals surface area contributed by atoms with E-state index in [0.717, 1.165) is 10.8 Å². The van der Waals surface area contributed by atoms with Crippen LogP contribution in [0.1, 0.15) is 6.42 Å². The lowest BCUT2D eigenvalue weighted by molar-refractivity contribution is 0.267. The predicted octanol–water partition coefficient (Wildman–Crippen LogP) is 0.724. The maximum absolute atomic E-state index is 10.2. The van der Waals surface area contributed by atoms with Crippen molar-refractivity contribution in [1.29, 1.82) is 0 Å². The van der Waals surface area contributed by atoms with Crippen molar-refractivity contribution in [3.05, 3.63) is 0 Å². The molecule has 0 saturated carbocycles. The minimum absolute atomic E-state index is 0.278. The summed E-state index contributed by atoms with van der Waals surface area (Å²) in [5, 5.41) is -0.508. The fraction of sp³-hybridized carbons (Fsp3) is 0.750. The van der Waals surface area contributed by atoms with Gasteiger partial charge in [0.15, 0.2) is 0 Å². The van der Waals surface area contributed by atoms with Crippen molar-refractivity contribution < 1.29 is 17.8 Å². The molecule has 0 radical (unpaired) electrons. The number of nitrogens with two attached hydrogens (primary N) is 1. The summed E-state index contributed by atoms with van der Waals surface area (Å²) >= 11 is 0. The normalized spacial score (nSPS) is 11.4. The lowest BCUT2D eigenvalue weighted by atomic mass is 10.6. The Morgan fingerprint density at radius 2 is 2.08 bits per heavy atom. The Hall–Kier alpha value is 0.0800. The summed E-state index contributed by atoms with van der Waals surface area (Å²) < 4.78 is 28.6. The molecule has 0 spiro atoms. The molecule has 0 aliphatic heterocycles. The van der Waals surface area contributed by atoms with Gasteiger partial charge in [-0.25, -0.2) is 0 Å². The smallest absolute Gasteiger partial charge is 0.287 e. The summed E-state index contributed by atoms with van der Waals surface area (Å²) in [5.74, 6) is 0.187. The first-order chi connectivity index (χ1) is 5.42. The topological polar surface area (TPSA) is 97.5 Å². The largest absolute Gasteiger partial charge is 0.360 e. The van der Waals surface area contributed by atoms with Gasteiger partial charge in [-0.1, -0.05) is 10.8 Å². The van der Waals surface area contributed by atoms with Crippen LogP contribution in [0.3, 0.4) is 0 Å². The van der Waals surface area contributed by atoms with Crippen LogP contribution in [0, 0.1) is 0 Å². The highest BCUT2D eigenvalue weighted by Crippen LogP contribution is 2.21. The van der Waals surface area contributed by atoms with E-state index in [1.807, 2.05) is 0 Å². The molecular formula is C4H9NO4S3. The van der Waals surface area contributed by atoms with Crippen LogP contribution in [0.4, 0.5) is 4.79 Å². The van der Waals surface area contributed by atoms with Crippen LogP contribution in [-0.2, 0) is 10.1 Å². The van der Waals surface area contributed by atoms with Crippen LogP contribution in [-0.4, -0.2) is 29.7 Å². The maximum Gasteiger partial charge on any atom is 0.287 e. The van der Waals surface area contributed by atoms with E-state index in [1.54, 1.807) is 0 Å². The third-order valence-corrected chi connectivity index (χ3v) is 3.66. The molecular weight excluding hydrogens is 222 g/mol. The zero-order chi connectivity index (χ0) is 9.61. The zero-order valence-electron chi connectivity index (χ0n) is 6.10. The number of rotatable bonds is 5. The molecule has 0 aromatic heterocycles. The molecule has 12 heavy (non-hydrogen) atoms. The highest BCUT2D eigenvalue weighted by atomic mass is 33.1. The number of amides is 1. The van der Waals surface area contributed by atoms with Crippen LogP contribution in [0.2, 0.25) is 0 Å². The molecule has 8 heteroatoms. The third-order valence-electron chi connectivity index (χ3n) is 0.771. The minimum Gasteiger partial charge on any atom is -0.360 e. The summed E-state index contributed by atoms with van der Waals surface area (Å²) in [6, 6.07) is 0. The maximum atomic E-state index is 10.2. The van der Waals surface area contributed by atoms with Crippen LogP contribution >= 0.6 is 21.6 Å². The molecule has 0 aromatic rings. The summed E-state index contributed by atoms with van der Waals surface area (Å²) in [6.07, 6.45) is 0.309. The van der Waals surface area contributed by atoms with E-state index in [-0.39, 0.29) is 5.75 Å². The SMILES string of the molecule is NC(=O)SSCCCS(=O)(=O)O. The second-order valence-corrected chi connectivity index (χ2v) is 5.86. The van der Waals surface area contributed by atoms with E-state index < -0.39 is 15.4 Å². The van der Waals surface area contributed by atoms with Gasteiger partial charge in [0.2, 0.25) is 0 Å². The first-order valence-electron chi connectivity index (χ1n) is 2.96.